The van der Waals surface area contributed by atoms with Crippen LogP contribution in [0.2, 0.25) is 0 Å². The molecule has 2 N–H and O–H groups in total. The topological polar surface area (TPSA) is 83.6 Å². The van der Waals surface area contributed by atoms with E-state index in [1.807, 2.05) is 0 Å². The standard InChI is InChI=1S/C25H25F3N4O3/c1-29-24(34)21-15-19(12-13-30-21)35-18-8-4-16(5-9-18)6-11-23(33)31-20-14-17(25(26,27)28)7-10-22(20)32(2)3/h4-5,7-10,12-15H,6,11H2,1-3H3,(H,29,34)(H,31,33). The van der Waals surface area contributed by atoms with E-state index in [0.29, 0.717) is 23.6 Å². The first-order valence-corrected chi connectivity index (χ1v) is 10.7. The van der Waals surface area contributed by atoms with Gasteiger partial charge in [0.25, 0.3) is 5.91 Å². The second-order valence-corrected chi connectivity index (χ2v) is 7.87. The van der Waals surface area contributed by atoms with Gasteiger partial charge in [-0.3, -0.25) is 14.6 Å². The van der Waals surface area contributed by atoms with Crippen LogP contribution in [0, 0.1) is 0 Å². The summed E-state index contributed by atoms with van der Waals surface area (Å²) < 4.78 is 45.0. The molecule has 10 heteroatoms. The van der Waals surface area contributed by atoms with Crippen molar-refractivity contribution in [2.24, 2.45) is 0 Å². The van der Waals surface area contributed by atoms with Crippen molar-refractivity contribution < 1.29 is 27.5 Å². The summed E-state index contributed by atoms with van der Waals surface area (Å²) in [5.74, 6) is 0.258. The number of halogens is 3. The summed E-state index contributed by atoms with van der Waals surface area (Å²) in [4.78, 5) is 29.8. The molecule has 2 aromatic carbocycles. The van der Waals surface area contributed by atoms with E-state index in [1.54, 1.807) is 49.3 Å². The zero-order valence-electron chi connectivity index (χ0n) is 19.4. The third-order valence-corrected chi connectivity index (χ3v) is 5.07. The molecule has 0 fully saturated rings. The van der Waals surface area contributed by atoms with Gasteiger partial charge in [-0.05, 0) is 48.4 Å². The second kappa shape index (κ2) is 10.9. The number of carbonyl (C=O) groups excluding carboxylic acids is 2. The number of pyridine rings is 1. The number of aryl methyl sites for hydroxylation is 1. The molecule has 0 saturated heterocycles. The van der Waals surface area contributed by atoms with Crippen molar-refractivity contribution in [1.29, 1.82) is 0 Å². The van der Waals surface area contributed by atoms with E-state index in [-0.39, 0.29) is 23.7 Å². The summed E-state index contributed by atoms with van der Waals surface area (Å²) in [6, 6.07) is 13.4. The molecule has 0 aliphatic carbocycles. The Morgan fingerprint density at radius 1 is 1.00 bits per heavy atom. The Balaban J connectivity index is 1.61. The van der Waals surface area contributed by atoms with Gasteiger partial charge in [0.15, 0.2) is 0 Å². The summed E-state index contributed by atoms with van der Waals surface area (Å²) >= 11 is 0. The molecule has 184 valence electrons. The molecule has 3 rings (SSSR count). The maximum absolute atomic E-state index is 13.1. The lowest BCUT2D eigenvalue weighted by atomic mass is 10.1. The number of alkyl halides is 3. The summed E-state index contributed by atoms with van der Waals surface area (Å²) in [6.45, 7) is 0. The molecule has 0 spiro atoms. The molecular formula is C25H25F3N4O3. The van der Waals surface area contributed by atoms with Crippen molar-refractivity contribution >= 4 is 23.2 Å². The van der Waals surface area contributed by atoms with Crippen molar-refractivity contribution in [2.75, 3.05) is 31.4 Å². The third-order valence-electron chi connectivity index (χ3n) is 5.07. The van der Waals surface area contributed by atoms with Crippen LogP contribution in [-0.4, -0.2) is 37.9 Å². The second-order valence-electron chi connectivity index (χ2n) is 7.87. The molecule has 1 heterocycles. The molecule has 0 aliphatic heterocycles. The first kappa shape index (κ1) is 25.5. The number of ether oxygens (including phenoxy) is 1. The van der Waals surface area contributed by atoms with Crippen LogP contribution in [-0.2, 0) is 17.4 Å². The number of carbonyl (C=O) groups is 2. The zero-order valence-corrected chi connectivity index (χ0v) is 19.4. The van der Waals surface area contributed by atoms with Gasteiger partial charge < -0.3 is 20.3 Å². The maximum Gasteiger partial charge on any atom is 0.416 e. The first-order chi connectivity index (χ1) is 16.6. The van der Waals surface area contributed by atoms with Gasteiger partial charge in [0, 0.05) is 39.8 Å². The normalized spacial score (nSPS) is 11.0. The number of nitrogens with one attached hydrogen (secondary N) is 2. The van der Waals surface area contributed by atoms with Crippen LogP contribution in [0.25, 0.3) is 0 Å². The summed E-state index contributed by atoms with van der Waals surface area (Å²) in [6.07, 6.45) is -2.56. The van der Waals surface area contributed by atoms with Gasteiger partial charge in [-0.15, -0.1) is 0 Å². The van der Waals surface area contributed by atoms with Crippen molar-refractivity contribution in [3.05, 3.63) is 77.6 Å². The summed E-state index contributed by atoms with van der Waals surface area (Å²) in [5, 5.41) is 5.09. The van der Waals surface area contributed by atoms with E-state index < -0.39 is 17.6 Å². The molecule has 0 saturated carbocycles. The quantitative estimate of drug-likeness (QED) is 0.474. The van der Waals surface area contributed by atoms with Crippen LogP contribution in [0.3, 0.4) is 0 Å². The molecule has 3 aromatic rings. The Bertz CT molecular complexity index is 1200. The van der Waals surface area contributed by atoms with E-state index >= 15 is 0 Å². The molecule has 35 heavy (non-hydrogen) atoms. The Hall–Kier alpha value is -4.08. The maximum atomic E-state index is 13.1. The molecule has 2 amide bonds. The third kappa shape index (κ3) is 6.95. The number of nitrogens with zero attached hydrogens (tertiary/aromatic N) is 2. The minimum absolute atomic E-state index is 0.0865. The van der Waals surface area contributed by atoms with E-state index in [0.717, 1.165) is 17.7 Å². The molecule has 0 atom stereocenters. The predicted octanol–water partition coefficient (Wildman–Crippen LogP) is 4.89. The van der Waals surface area contributed by atoms with E-state index in [9.17, 15) is 22.8 Å². The Morgan fingerprint density at radius 2 is 1.71 bits per heavy atom. The van der Waals surface area contributed by atoms with Crippen molar-refractivity contribution in [3.8, 4) is 11.5 Å². The van der Waals surface area contributed by atoms with Crippen LogP contribution >= 0.6 is 0 Å². The summed E-state index contributed by atoms with van der Waals surface area (Å²) in [5.41, 5.74) is 0.831. The van der Waals surface area contributed by atoms with Gasteiger partial charge in [-0.25, -0.2) is 0 Å². The lowest BCUT2D eigenvalue weighted by Gasteiger charge is -2.20. The minimum Gasteiger partial charge on any atom is -0.457 e. The summed E-state index contributed by atoms with van der Waals surface area (Å²) in [7, 11) is 4.89. The minimum atomic E-state index is -4.51. The number of hydrogen-bond acceptors (Lipinski definition) is 5. The lowest BCUT2D eigenvalue weighted by Crippen LogP contribution is -2.18. The smallest absolute Gasteiger partial charge is 0.416 e. The number of anilines is 2. The van der Waals surface area contributed by atoms with Crippen LogP contribution in [0.1, 0.15) is 28.0 Å². The highest BCUT2D eigenvalue weighted by atomic mass is 19.4. The molecule has 0 aliphatic rings. The van der Waals surface area contributed by atoms with Crippen molar-refractivity contribution in [1.82, 2.24) is 10.3 Å². The average molecular weight is 486 g/mol. The predicted molar refractivity (Wildman–Crippen MR) is 127 cm³/mol. The van der Waals surface area contributed by atoms with Crippen LogP contribution < -0.4 is 20.3 Å². The highest BCUT2D eigenvalue weighted by Crippen LogP contribution is 2.35. The highest BCUT2D eigenvalue weighted by molar-refractivity contribution is 5.94. The van der Waals surface area contributed by atoms with Crippen LogP contribution in [0.15, 0.2) is 60.8 Å². The fraction of sp³-hybridized carbons (Fsp3) is 0.240. The van der Waals surface area contributed by atoms with E-state index in [4.69, 9.17) is 4.74 Å². The SMILES string of the molecule is CNC(=O)c1cc(Oc2ccc(CCC(=O)Nc3cc(C(F)(F)F)ccc3N(C)C)cc2)ccn1. The highest BCUT2D eigenvalue weighted by Gasteiger charge is 2.31. The molecule has 7 nitrogen and oxygen atoms in total. The average Bonchev–Trinajstić information content (AvgIpc) is 2.82. The van der Waals surface area contributed by atoms with Gasteiger partial charge >= 0.3 is 6.18 Å². The van der Waals surface area contributed by atoms with Crippen molar-refractivity contribution in [3.63, 3.8) is 0 Å². The fourth-order valence-corrected chi connectivity index (χ4v) is 3.26. The van der Waals surface area contributed by atoms with Crippen molar-refractivity contribution in [2.45, 2.75) is 19.0 Å². The Kier molecular flexibility index (Phi) is 7.95. The van der Waals surface area contributed by atoms with Gasteiger partial charge in [-0.2, -0.15) is 13.2 Å². The largest absolute Gasteiger partial charge is 0.457 e. The monoisotopic (exact) mass is 486 g/mol. The fourth-order valence-electron chi connectivity index (χ4n) is 3.26. The molecule has 0 unspecified atom stereocenters. The Labute approximate surface area is 200 Å². The molecule has 1 aromatic heterocycles. The van der Waals surface area contributed by atoms with Gasteiger partial charge in [0.05, 0.1) is 16.9 Å². The van der Waals surface area contributed by atoms with Crippen LogP contribution in [0.5, 0.6) is 11.5 Å². The number of amides is 2. The number of aromatic nitrogens is 1. The van der Waals surface area contributed by atoms with Gasteiger partial charge in [0.2, 0.25) is 5.91 Å². The molecule has 0 bridgehead atoms. The van der Waals surface area contributed by atoms with Gasteiger partial charge in [0.1, 0.15) is 17.2 Å². The number of rotatable bonds is 8. The first-order valence-electron chi connectivity index (χ1n) is 10.7. The number of hydrogen-bond donors (Lipinski definition) is 2. The zero-order chi connectivity index (χ0) is 25.6. The lowest BCUT2D eigenvalue weighted by molar-refractivity contribution is -0.137. The van der Waals surface area contributed by atoms with Gasteiger partial charge in [-0.1, -0.05) is 12.1 Å². The van der Waals surface area contributed by atoms with E-state index in [2.05, 4.69) is 15.6 Å². The Morgan fingerprint density at radius 3 is 2.34 bits per heavy atom. The van der Waals surface area contributed by atoms with Crippen LogP contribution in [0.4, 0.5) is 24.5 Å². The molecule has 0 radical (unpaired) electrons. The van der Waals surface area contributed by atoms with E-state index in [1.165, 1.54) is 25.4 Å². The molecular weight excluding hydrogens is 461 g/mol. The number of benzene rings is 2.